The standard InChI is InChI=1S/C19H25N3O.C2H6/c1-14-4-7-16(8-5-14)19(22-10-2-3-11-22)13-15-6-9-17(20)18(12-15)21-23;1-2/h4-9,12,17-19H,2-3,10-11,13,20H2,1H3;1-2H3/p+1. The van der Waals surface area contributed by atoms with Crippen LogP contribution in [-0.4, -0.2) is 30.1 Å². The summed E-state index contributed by atoms with van der Waals surface area (Å²) in [6.07, 6.45) is 9.47. The van der Waals surface area contributed by atoms with Gasteiger partial charge in [-0.25, -0.2) is 0 Å². The third kappa shape index (κ3) is 5.10. The topological polar surface area (TPSA) is 60.3 Å². The Labute approximate surface area is 151 Å². The number of nitrogens with one attached hydrogen (secondary N) is 1. The Kier molecular flexibility index (Phi) is 7.53. The first kappa shape index (κ1) is 19.5. The summed E-state index contributed by atoms with van der Waals surface area (Å²) in [5.41, 5.74) is 9.76. The molecule has 4 heteroatoms. The number of benzene rings is 1. The molecule has 1 aromatic rings. The van der Waals surface area contributed by atoms with E-state index in [1.165, 1.54) is 29.5 Å². The lowest BCUT2D eigenvalue weighted by Gasteiger charge is -2.29. The second-order valence-electron chi connectivity index (χ2n) is 6.70. The SMILES string of the molecule is CC.Cc1ccc(C(CC2=CC([NH+]=O)C(N)C=C2)N2CCCC2)cc1. The van der Waals surface area contributed by atoms with Gasteiger partial charge in [0.05, 0.1) is 6.04 Å². The Morgan fingerprint density at radius 2 is 1.84 bits per heavy atom. The van der Waals surface area contributed by atoms with E-state index in [-0.39, 0.29) is 12.1 Å². The third-order valence-electron chi connectivity index (χ3n) is 4.95. The molecule has 1 heterocycles. The monoisotopic (exact) mass is 342 g/mol. The molecule has 2 aliphatic rings. The summed E-state index contributed by atoms with van der Waals surface area (Å²) in [6, 6.07) is 8.66. The van der Waals surface area contributed by atoms with Gasteiger partial charge in [-0.15, -0.1) is 0 Å². The van der Waals surface area contributed by atoms with Crippen molar-refractivity contribution in [3.8, 4) is 0 Å². The van der Waals surface area contributed by atoms with E-state index in [2.05, 4.69) is 47.3 Å². The van der Waals surface area contributed by atoms with Gasteiger partial charge in [0.2, 0.25) is 6.04 Å². The van der Waals surface area contributed by atoms with Gasteiger partial charge in [0, 0.05) is 10.9 Å². The van der Waals surface area contributed by atoms with Crippen molar-refractivity contribution >= 4 is 0 Å². The lowest BCUT2D eigenvalue weighted by atomic mass is 9.91. The predicted molar refractivity (Wildman–Crippen MR) is 104 cm³/mol. The fourth-order valence-electron chi connectivity index (χ4n) is 3.52. The van der Waals surface area contributed by atoms with Crippen LogP contribution in [-0.2, 0) is 0 Å². The molecule has 0 aromatic heterocycles. The summed E-state index contributed by atoms with van der Waals surface area (Å²) >= 11 is 0. The number of hydrogen-bond donors (Lipinski definition) is 2. The molecule has 0 bridgehead atoms. The van der Waals surface area contributed by atoms with E-state index in [4.69, 9.17) is 5.73 Å². The molecule has 0 radical (unpaired) electrons. The van der Waals surface area contributed by atoms with Gasteiger partial charge in [-0.2, -0.15) is 0 Å². The molecule has 0 spiro atoms. The second kappa shape index (κ2) is 9.64. The Morgan fingerprint density at radius 1 is 1.20 bits per heavy atom. The van der Waals surface area contributed by atoms with Crippen LogP contribution in [0.15, 0.2) is 48.1 Å². The van der Waals surface area contributed by atoms with Crippen molar-refractivity contribution in [2.24, 2.45) is 5.73 Å². The molecule has 1 aliphatic carbocycles. The molecular weight excluding hydrogens is 310 g/mol. The lowest BCUT2D eigenvalue weighted by molar-refractivity contribution is -0.513. The van der Waals surface area contributed by atoms with Gasteiger partial charge in [0.15, 0.2) is 0 Å². The summed E-state index contributed by atoms with van der Waals surface area (Å²) in [4.78, 5) is 13.6. The highest BCUT2D eigenvalue weighted by atomic mass is 16.3. The molecule has 3 N–H and O–H groups in total. The van der Waals surface area contributed by atoms with E-state index in [9.17, 15) is 4.91 Å². The molecule has 1 aliphatic heterocycles. The summed E-state index contributed by atoms with van der Waals surface area (Å²) in [5, 5.41) is 2.06. The normalized spacial score (nSPS) is 24.2. The van der Waals surface area contributed by atoms with Crippen molar-refractivity contribution in [1.29, 1.82) is 0 Å². The van der Waals surface area contributed by atoms with Crippen molar-refractivity contribution < 1.29 is 5.18 Å². The molecule has 3 unspecified atom stereocenters. The number of allylic oxidation sites excluding steroid dienone is 1. The van der Waals surface area contributed by atoms with Crippen molar-refractivity contribution in [1.82, 2.24) is 4.90 Å². The highest BCUT2D eigenvalue weighted by Crippen LogP contribution is 2.32. The second-order valence-corrected chi connectivity index (χ2v) is 6.70. The van der Waals surface area contributed by atoms with Gasteiger partial charge in [-0.05, 0) is 61.7 Å². The summed E-state index contributed by atoms with van der Waals surface area (Å²) in [7, 11) is 0. The van der Waals surface area contributed by atoms with Gasteiger partial charge in [-0.1, -0.05) is 55.8 Å². The van der Waals surface area contributed by atoms with Crippen LogP contribution in [0, 0.1) is 11.8 Å². The zero-order valence-electron chi connectivity index (χ0n) is 15.7. The van der Waals surface area contributed by atoms with Crippen LogP contribution in [0.3, 0.4) is 0 Å². The molecule has 136 valence electrons. The fourth-order valence-corrected chi connectivity index (χ4v) is 3.52. The first-order chi connectivity index (χ1) is 12.2. The Balaban J connectivity index is 0.00000109. The zero-order chi connectivity index (χ0) is 18.2. The smallest absolute Gasteiger partial charge is 0.235 e. The van der Waals surface area contributed by atoms with Crippen LogP contribution in [0.4, 0.5) is 0 Å². The van der Waals surface area contributed by atoms with E-state index in [0.29, 0.717) is 6.04 Å². The van der Waals surface area contributed by atoms with Crippen LogP contribution in [0.2, 0.25) is 0 Å². The number of rotatable bonds is 5. The molecule has 3 rings (SSSR count). The molecule has 25 heavy (non-hydrogen) atoms. The van der Waals surface area contributed by atoms with Crippen molar-refractivity contribution in [2.45, 2.75) is 58.2 Å². The zero-order valence-corrected chi connectivity index (χ0v) is 15.7. The van der Waals surface area contributed by atoms with Crippen LogP contribution < -0.4 is 10.9 Å². The predicted octanol–water partition coefficient (Wildman–Crippen LogP) is 2.59. The van der Waals surface area contributed by atoms with E-state index < -0.39 is 0 Å². The van der Waals surface area contributed by atoms with Crippen molar-refractivity contribution in [3.63, 3.8) is 0 Å². The quantitative estimate of drug-likeness (QED) is 0.865. The number of nitroso groups, excluding NO2 is 1. The minimum absolute atomic E-state index is 0.235. The Morgan fingerprint density at radius 3 is 2.44 bits per heavy atom. The van der Waals surface area contributed by atoms with Crippen molar-refractivity contribution in [2.75, 3.05) is 13.1 Å². The number of nitrogens with two attached hydrogens (primary N) is 1. The highest BCUT2D eigenvalue weighted by Gasteiger charge is 2.27. The van der Waals surface area contributed by atoms with Gasteiger partial charge in [0.1, 0.15) is 0 Å². The number of aryl methyl sites for hydroxylation is 1. The molecule has 3 atom stereocenters. The summed E-state index contributed by atoms with van der Waals surface area (Å²) in [5.74, 6) is 0. The molecule has 0 saturated carbocycles. The maximum absolute atomic E-state index is 11.1. The van der Waals surface area contributed by atoms with Gasteiger partial charge in [-0.3, -0.25) is 4.90 Å². The van der Waals surface area contributed by atoms with E-state index in [1.807, 2.05) is 26.0 Å². The van der Waals surface area contributed by atoms with Crippen molar-refractivity contribution in [3.05, 3.63) is 64.1 Å². The van der Waals surface area contributed by atoms with Crippen LogP contribution in [0.5, 0.6) is 0 Å². The minimum Gasteiger partial charge on any atom is -0.319 e. The average Bonchev–Trinajstić information content (AvgIpc) is 3.18. The van der Waals surface area contributed by atoms with Crippen LogP contribution in [0.25, 0.3) is 0 Å². The maximum Gasteiger partial charge on any atom is 0.235 e. The molecular formula is C21H32N3O+. The summed E-state index contributed by atoms with van der Waals surface area (Å²) < 4.78 is 0. The number of likely N-dealkylation sites (tertiary alicyclic amines) is 1. The highest BCUT2D eigenvalue weighted by molar-refractivity contribution is 5.32. The first-order valence-corrected chi connectivity index (χ1v) is 9.50. The van der Waals surface area contributed by atoms with Gasteiger partial charge < -0.3 is 5.73 Å². The van der Waals surface area contributed by atoms with Crippen LogP contribution >= 0.6 is 0 Å². The average molecular weight is 343 g/mol. The molecule has 1 fully saturated rings. The molecule has 4 nitrogen and oxygen atoms in total. The number of nitrogens with zero attached hydrogens (tertiary/aromatic N) is 1. The third-order valence-corrected chi connectivity index (χ3v) is 4.95. The maximum atomic E-state index is 11.1. The largest absolute Gasteiger partial charge is 0.319 e. The van der Waals surface area contributed by atoms with E-state index in [1.54, 1.807) is 0 Å². The Hall–Kier alpha value is -1.78. The molecule has 1 saturated heterocycles. The van der Waals surface area contributed by atoms with Gasteiger partial charge >= 0.3 is 0 Å². The number of hydrogen-bond acceptors (Lipinski definition) is 3. The first-order valence-electron chi connectivity index (χ1n) is 9.50. The molecule has 0 amide bonds. The van der Waals surface area contributed by atoms with E-state index >= 15 is 0 Å². The Bertz CT molecular complexity index is 600. The molecule has 1 aromatic carbocycles. The van der Waals surface area contributed by atoms with Crippen LogP contribution in [0.1, 0.15) is 50.3 Å². The van der Waals surface area contributed by atoms with E-state index in [0.717, 1.165) is 19.5 Å². The summed E-state index contributed by atoms with van der Waals surface area (Å²) in [6.45, 7) is 8.42. The fraction of sp³-hybridized carbons (Fsp3) is 0.524. The minimum atomic E-state index is -0.313. The van der Waals surface area contributed by atoms with Gasteiger partial charge in [0.25, 0.3) is 0 Å². The lowest BCUT2D eigenvalue weighted by Crippen LogP contribution is -2.77.